The van der Waals surface area contributed by atoms with E-state index in [0.29, 0.717) is 11.5 Å². The zero-order valence-corrected chi connectivity index (χ0v) is 18.6. The molecule has 2 aromatic carbocycles. The lowest BCUT2D eigenvalue weighted by atomic mass is 9.94. The number of aromatic nitrogens is 1. The van der Waals surface area contributed by atoms with E-state index in [1.807, 2.05) is 49.4 Å². The van der Waals surface area contributed by atoms with Crippen LogP contribution in [0.4, 0.5) is 0 Å². The number of carbonyl (C=O) groups is 1. The van der Waals surface area contributed by atoms with Crippen LogP contribution >= 0.6 is 0 Å². The average molecular weight is 420 g/mol. The quantitative estimate of drug-likeness (QED) is 0.651. The molecule has 0 saturated heterocycles. The molecule has 0 spiro atoms. The van der Waals surface area contributed by atoms with E-state index in [1.165, 1.54) is 0 Å². The molecule has 0 fully saturated rings. The van der Waals surface area contributed by atoms with E-state index in [1.54, 1.807) is 14.2 Å². The standard InChI is InChI=1S/C25H29N3O3/c1-5-28-13-12-21-19(15-28)24(18-8-6-7-9-20(18)27-21)25(29)26-16(2)17-10-11-22(30-3)23(14-17)31-4/h6-11,14,16H,5,12-13,15H2,1-4H3,(H,26,29). The number of likely N-dealkylation sites (N-methyl/N-ethyl adjacent to an activating group) is 1. The molecule has 1 atom stereocenters. The van der Waals surface area contributed by atoms with Gasteiger partial charge >= 0.3 is 0 Å². The van der Waals surface area contributed by atoms with Gasteiger partial charge in [-0.2, -0.15) is 0 Å². The second kappa shape index (κ2) is 8.94. The van der Waals surface area contributed by atoms with Crippen LogP contribution in [0.3, 0.4) is 0 Å². The molecule has 0 saturated carbocycles. The second-order valence-corrected chi connectivity index (χ2v) is 7.86. The molecule has 6 nitrogen and oxygen atoms in total. The highest BCUT2D eigenvalue weighted by Gasteiger charge is 2.26. The number of methoxy groups -OCH3 is 2. The molecule has 0 radical (unpaired) electrons. The Bertz CT molecular complexity index is 1110. The normalized spacial score (nSPS) is 14.7. The molecule has 4 rings (SSSR count). The second-order valence-electron chi connectivity index (χ2n) is 7.86. The molecule has 3 aromatic rings. The summed E-state index contributed by atoms with van der Waals surface area (Å²) in [5.74, 6) is 1.24. The molecule has 31 heavy (non-hydrogen) atoms. The Morgan fingerprint density at radius 2 is 1.94 bits per heavy atom. The number of rotatable bonds is 6. The van der Waals surface area contributed by atoms with Gasteiger partial charge in [0.2, 0.25) is 0 Å². The Kier molecular flexibility index (Phi) is 6.09. The van der Waals surface area contributed by atoms with E-state index in [2.05, 4.69) is 17.1 Å². The van der Waals surface area contributed by atoms with Crippen molar-refractivity contribution >= 4 is 16.8 Å². The van der Waals surface area contributed by atoms with Gasteiger partial charge in [-0.25, -0.2) is 0 Å². The number of ether oxygens (including phenoxy) is 2. The number of carbonyl (C=O) groups excluding carboxylic acids is 1. The fraction of sp³-hybridized carbons (Fsp3) is 0.360. The summed E-state index contributed by atoms with van der Waals surface area (Å²) >= 11 is 0. The van der Waals surface area contributed by atoms with Crippen LogP contribution < -0.4 is 14.8 Å². The summed E-state index contributed by atoms with van der Waals surface area (Å²) in [5, 5.41) is 4.09. The van der Waals surface area contributed by atoms with Crippen molar-refractivity contribution in [2.75, 3.05) is 27.3 Å². The Morgan fingerprint density at radius 3 is 2.68 bits per heavy atom. The Morgan fingerprint density at radius 1 is 1.16 bits per heavy atom. The van der Waals surface area contributed by atoms with Crippen LogP contribution in [0, 0.1) is 0 Å². The molecular formula is C25H29N3O3. The summed E-state index contributed by atoms with van der Waals surface area (Å²) < 4.78 is 10.7. The highest BCUT2D eigenvalue weighted by molar-refractivity contribution is 6.07. The molecule has 6 heteroatoms. The first-order valence-electron chi connectivity index (χ1n) is 10.7. The number of para-hydroxylation sites is 1. The molecule has 1 unspecified atom stereocenters. The van der Waals surface area contributed by atoms with E-state index in [9.17, 15) is 4.79 Å². The predicted molar refractivity (Wildman–Crippen MR) is 122 cm³/mol. The van der Waals surface area contributed by atoms with Crippen molar-refractivity contribution in [3.63, 3.8) is 0 Å². The molecular weight excluding hydrogens is 390 g/mol. The van der Waals surface area contributed by atoms with Crippen LogP contribution in [-0.2, 0) is 13.0 Å². The van der Waals surface area contributed by atoms with E-state index in [0.717, 1.165) is 59.3 Å². The maximum Gasteiger partial charge on any atom is 0.252 e. The van der Waals surface area contributed by atoms with Gasteiger partial charge in [-0.3, -0.25) is 14.7 Å². The smallest absolute Gasteiger partial charge is 0.252 e. The SMILES string of the molecule is CCN1CCc2nc3ccccc3c(C(=O)NC(C)c3ccc(OC)c(OC)c3)c2C1. The molecule has 1 N–H and O–H groups in total. The summed E-state index contributed by atoms with van der Waals surface area (Å²) in [4.78, 5) is 20.8. The van der Waals surface area contributed by atoms with Crippen LogP contribution in [0.2, 0.25) is 0 Å². The van der Waals surface area contributed by atoms with Crippen molar-refractivity contribution in [3.05, 3.63) is 64.8 Å². The van der Waals surface area contributed by atoms with Gasteiger partial charge in [-0.05, 0) is 37.2 Å². The largest absolute Gasteiger partial charge is 0.493 e. The van der Waals surface area contributed by atoms with Crippen molar-refractivity contribution in [2.45, 2.75) is 32.9 Å². The van der Waals surface area contributed by atoms with Crippen molar-refractivity contribution in [1.82, 2.24) is 15.2 Å². The van der Waals surface area contributed by atoms with Gasteiger partial charge in [0.25, 0.3) is 5.91 Å². The molecule has 2 heterocycles. The number of hydrogen-bond acceptors (Lipinski definition) is 5. The van der Waals surface area contributed by atoms with Crippen LogP contribution in [0.15, 0.2) is 42.5 Å². The minimum absolute atomic E-state index is 0.0740. The first-order valence-corrected chi connectivity index (χ1v) is 10.7. The number of nitrogens with zero attached hydrogens (tertiary/aromatic N) is 2. The van der Waals surface area contributed by atoms with Gasteiger partial charge in [0.15, 0.2) is 11.5 Å². The summed E-state index contributed by atoms with van der Waals surface area (Å²) in [6.07, 6.45) is 0.861. The molecule has 0 aliphatic carbocycles. The summed E-state index contributed by atoms with van der Waals surface area (Å²) in [5.41, 5.74) is 4.64. The van der Waals surface area contributed by atoms with Gasteiger partial charge in [0, 0.05) is 36.2 Å². The Labute approximate surface area is 183 Å². The first-order chi connectivity index (χ1) is 15.0. The van der Waals surface area contributed by atoms with Crippen molar-refractivity contribution in [2.24, 2.45) is 0 Å². The third-order valence-corrected chi connectivity index (χ3v) is 6.05. The van der Waals surface area contributed by atoms with Crippen molar-refractivity contribution in [3.8, 4) is 11.5 Å². The van der Waals surface area contributed by atoms with E-state index in [-0.39, 0.29) is 11.9 Å². The van der Waals surface area contributed by atoms with Gasteiger partial charge in [0.05, 0.1) is 31.3 Å². The number of nitrogens with one attached hydrogen (secondary N) is 1. The predicted octanol–water partition coefficient (Wildman–Crippen LogP) is 4.12. The van der Waals surface area contributed by atoms with Crippen molar-refractivity contribution < 1.29 is 14.3 Å². The first kappa shape index (κ1) is 21.1. The van der Waals surface area contributed by atoms with E-state index < -0.39 is 0 Å². The van der Waals surface area contributed by atoms with Gasteiger partial charge in [-0.15, -0.1) is 0 Å². The van der Waals surface area contributed by atoms with Gasteiger partial charge in [-0.1, -0.05) is 31.2 Å². The third-order valence-electron chi connectivity index (χ3n) is 6.05. The Balaban J connectivity index is 1.70. The fourth-order valence-corrected chi connectivity index (χ4v) is 4.25. The van der Waals surface area contributed by atoms with Crippen LogP contribution in [0.5, 0.6) is 11.5 Å². The monoisotopic (exact) mass is 419 g/mol. The zero-order chi connectivity index (χ0) is 22.0. The minimum atomic E-state index is -0.194. The average Bonchev–Trinajstić information content (AvgIpc) is 2.81. The lowest BCUT2D eigenvalue weighted by Gasteiger charge is -2.29. The third kappa shape index (κ3) is 4.08. The highest BCUT2D eigenvalue weighted by Crippen LogP contribution is 2.31. The molecule has 1 aliphatic rings. The lowest BCUT2D eigenvalue weighted by Crippen LogP contribution is -2.34. The van der Waals surface area contributed by atoms with Crippen LogP contribution in [-0.4, -0.2) is 43.1 Å². The zero-order valence-electron chi connectivity index (χ0n) is 18.6. The molecule has 1 aromatic heterocycles. The van der Waals surface area contributed by atoms with E-state index in [4.69, 9.17) is 14.5 Å². The molecule has 1 amide bonds. The minimum Gasteiger partial charge on any atom is -0.493 e. The van der Waals surface area contributed by atoms with Gasteiger partial charge < -0.3 is 14.8 Å². The lowest BCUT2D eigenvalue weighted by molar-refractivity contribution is 0.0938. The summed E-state index contributed by atoms with van der Waals surface area (Å²) in [6, 6.07) is 13.4. The number of amides is 1. The maximum atomic E-state index is 13.6. The number of fused-ring (bicyclic) bond motifs is 2. The topological polar surface area (TPSA) is 63.7 Å². The Hall–Kier alpha value is -3.12. The molecule has 0 bridgehead atoms. The molecule has 1 aliphatic heterocycles. The summed E-state index contributed by atoms with van der Waals surface area (Å²) in [6.45, 7) is 6.80. The number of pyridine rings is 1. The summed E-state index contributed by atoms with van der Waals surface area (Å²) in [7, 11) is 3.22. The number of hydrogen-bond donors (Lipinski definition) is 1. The molecule has 162 valence electrons. The fourth-order valence-electron chi connectivity index (χ4n) is 4.25. The van der Waals surface area contributed by atoms with Crippen LogP contribution in [0.1, 0.15) is 47.1 Å². The van der Waals surface area contributed by atoms with Crippen molar-refractivity contribution in [1.29, 1.82) is 0 Å². The maximum absolute atomic E-state index is 13.6. The van der Waals surface area contributed by atoms with Gasteiger partial charge in [0.1, 0.15) is 0 Å². The highest BCUT2D eigenvalue weighted by atomic mass is 16.5. The number of benzene rings is 2. The van der Waals surface area contributed by atoms with Crippen LogP contribution in [0.25, 0.3) is 10.9 Å². The van der Waals surface area contributed by atoms with E-state index >= 15 is 0 Å².